The molecule has 0 amide bonds. The summed E-state index contributed by atoms with van der Waals surface area (Å²) in [7, 11) is 0. The molecular weight excluding hydrogens is 128 g/mol. The van der Waals surface area contributed by atoms with Gasteiger partial charge in [-0.05, 0) is 13.3 Å². The van der Waals surface area contributed by atoms with Gasteiger partial charge in [-0.1, -0.05) is 0 Å². The van der Waals surface area contributed by atoms with Crippen molar-refractivity contribution >= 4 is 0 Å². The summed E-state index contributed by atoms with van der Waals surface area (Å²) in [6, 6.07) is 0.255. The number of nitrogens with one attached hydrogen (secondary N) is 1. The molecule has 1 aliphatic heterocycles. The number of hydrogen-bond donors (Lipinski definition) is 2. The molecule has 1 saturated heterocycles. The molecule has 0 radical (unpaired) electrons. The number of rotatable bonds is 2. The molecule has 0 bridgehead atoms. The lowest BCUT2D eigenvalue weighted by Crippen LogP contribution is -2.41. The Bertz CT molecular complexity index is 89.6. The number of hydrogen-bond acceptors (Lipinski definition) is 3. The quantitative estimate of drug-likeness (QED) is 0.560. The van der Waals surface area contributed by atoms with E-state index in [4.69, 9.17) is 10.5 Å². The third kappa shape index (κ3) is 2.64. The lowest BCUT2D eigenvalue weighted by molar-refractivity contribution is 0.0206. The van der Waals surface area contributed by atoms with Crippen molar-refractivity contribution in [2.24, 2.45) is 5.73 Å². The van der Waals surface area contributed by atoms with Crippen molar-refractivity contribution in [1.82, 2.24) is 5.32 Å². The third-order valence-corrected chi connectivity index (χ3v) is 1.64. The molecule has 0 aromatic carbocycles. The second-order valence-electron chi connectivity index (χ2n) is 2.91. The van der Waals surface area contributed by atoms with Gasteiger partial charge >= 0.3 is 0 Å². The topological polar surface area (TPSA) is 47.3 Å². The van der Waals surface area contributed by atoms with Gasteiger partial charge in [0.25, 0.3) is 0 Å². The normalized spacial score (nSPS) is 30.0. The Kier molecular flexibility index (Phi) is 3.12. The summed E-state index contributed by atoms with van der Waals surface area (Å²) in [6.45, 7) is 4.78. The highest BCUT2D eigenvalue weighted by molar-refractivity contribution is 4.70. The third-order valence-electron chi connectivity index (χ3n) is 1.64. The first kappa shape index (κ1) is 7.98. The van der Waals surface area contributed by atoms with E-state index in [9.17, 15) is 0 Å². The van der Waals surface area contributed by atoms with Crippen LogP contribution < -0.4 is 11.1 Å². The Labute approximate surface area is 61.9 Å². The fourth-order valence-corrected chi connectivity index (χ4v) is 1.19. The monoisotopic (exact) mass is 144 g/mol. The lowest BCUT2D eigenvalue weighted by atomic mass is 10.1. The second-order valence-corrected chi connectivity index (χ2v) is 2.91. The van der Waals surface area contributed by atoms with Crippen LogP contribution in [0.2, 0.25) is 0 Å². The first-order chi connectivity index (χ1) is 4.79. The standard InChI is InChI=1S/C7H16N2O/c1-6(8)4-7-5-9-2-3-10-7/h6-7,9H,2-5,8H2,1H3. The summed E-state index contributed by atoms with van der Waals surface area (Å²) in [5.41, 5.74) is 5.62. The molecule has 0 saturated carbocycles. The Morgan fingerprint density at radius 3 is 3.10 bits per heavy atom. The molecule has 2 unspecified atom stereocenters. The van der Waals surface area contributed by atoms with E-state index in [2.05, 4.69) is 5.32 Å². The Hall–Kier alpha value is -0.120. The molecule has 1 aliphatic rings. The van der Waals surface area contributed by atoms with Gasteiger partial charge < -0.3 is 15.8 Å². The average Bonchev–Trinajstić information content (AvgIpc) is 1.88. The van der Waals surface area contributed by atoms with E-state index in [1.54, 1.807) is 0 Å². The van der Waals surface area contributed by atoms with Gasteiger partial charge in [-0.2, -0.15) is 0 Å². The maximum absolute atomic E-state index is 5.62. The molecule has 0 aliphatic carbocycles. The van der Waals surface area contributed by atoms with Gasteiger partial charge in [0.15, 0.2) is 0 Å². The van der Waals surface area contributed by atoms with E-state index in [1.165, 1.54) is 0 Å². The number of ether oxygens (including phenoxy) is 1. The Morgan fingerprint density at radius 2 is 2.60 bits per heavy atom. The Morgan fingerprint density at radius 1 is 1.80 bits per heavy atom. The highest BCUT2D eigenvalue weighted by atomic mass is 16.5. The minimum absolute atomic E-state index is 0.255. The maximum Gasteiger partial charge on any atom is 0.0714 e. The van der Waals surface area contributed by atoms with Gasteiger partial charge in [-0.15, -0.1) is 0 Å². The van der Waals surface area contributed by atoms with Crippen LogP contribution in [0.1, 0.15) is 13.3 Å². The van der Waals surface area contributed by atoms with Crippen LogP contribution in [0.5, 0.6) is 0 Å². The molecule has 2 atom stereocenters. The molecule has 1 rings (SSSR count). The summed E-state index contributed by atoms with van der Waals surface area (Å²) in [4.78, 5) is 0. The predicted molar refractivity (Wildman–Crippen MR) is 40.9 cm³/mol. The molecule has 60 valence electrons. The van der Waals surface area contributed by atoms with E-state index < -0.39 is 0 Å². The van der Waals surface area contributed by atoms with Gasteiger partial charge in [0.2, 0.25) is 0 Å². The van der Waals surface area contributed by atoms with Crippen LogP contribution in [0.3, 0.4) is 0 Å². The van der Waals surface area contributed by atoms with Crippen LogP contribution in [0.25, 0.3) is 0 Å². The van der Waals surface area contributed by atoms with Crippen molar-refractivity contribution in [2.45, 2.75) is 25.5 Å². The molecule has 3 nitrogen and oxygen atoms in total. The zero-order chi connectivity index (χ0) is 7.40. The van der Waals surface area contributed by atoms with Gasteiger partial charge in [-0.25, -0.2) is 0 Å². The van der Waals surface area contributed by atoms with Gasteiger partial charge in [0.05, 0.1) is 12.7 Å². The zero-order valence-electron chi connectivity index (χ0n) is 6.47. The highest BCUT2D eigenvalue weighted by Gasteiger charge is 2.13. The van der Waals surface area contributed by atoms with Gasteiger partial charge in [-0.3, -0.25) is 0 Å². The average molecular weight is 144 g/mol. The second kappa shape index (κ2) is 3.91. The smallest absolute Gasteiger partial charge is 0.0714 e. The first-order valence-corrected chi connectivity index (χ1v) is 3.87. The van der Waals surface area contributed by atoms with Crippen molar-refractivity contribution in [1.29, 1.82) is 0 Å². The van der Waals surface area contributed by atoms with Crippen LogP contribution in [0.15, 0.2) is 0 Å². The van der Waals surface area contributed by atoms with Gasteiger partial charge in [0.1, 0.15) is 0 Å². The van der Waals surface area contributed by atoms with Crippen LogP contribution in [0, 0.1) is 0 Å². The van der Waals surface area contributed by atoms with E-state index in [0.29, 0.717) is 6.10 Å². The number of morpholine rings is 1. The van der Waals surface area contributed by atoms with Crippen LogP contribution in [0.4, 0.5) is 0 Å². The molecule has 0 aromatic heterocycles. The molecule has 1 heterocycles. The van der Waals surface area contributed by atoms with Crippen molar-refractivity contribution < 1.29 is 4.74 Å². The maximum atomic E-state index is 5.62. The van der Waals surface area contributed by atoms with Gasteiger partial charge in [0, 0.05) is 19.1 Å². The minimum Gasteiger partial charge on any atom is -0.376 e. The van der Waals surface area contributed by atoms with Crippen LogP contribution in [-0.2, 0) is 4.74 Å². The fraction of sp³-hybridized carbons (Fsp3) is 1.00. The summed E-state index contributed by atoms with van der Waals surface area (Å²) in [6.07, 6.45) is 1.31. The predicted octanol–water partition coefficient (Wildman–Crippen LogP) is -0.288. The van der Waals surface area contributed by atoms with E-state index in [-0.39, 0.29) is 6.04 Å². The minimum atomic E-state index is 0.255. The molecule has 3 N–H and O–H groups in total. The molecule has 0 spiro atoms. The van der Waals surface area contributed by atoms with Crippen molar-refractivity contribution in [3.8, 4) is 0 Å². The molecule has 3 heteroatoms. The highest BCUT2D eigenvalue weighted by Crippen LogP contribution is 2.02. The molecule has 1 fully saturated rings. The SMILES string of the molecule is CC(N)CC1CNCCO1. The molecule has 0 aromatic rings. The lowest BCUT2D eigenvalue weighted by Gasteiger charge is -2.24. The molecular formula is C7H16N2O. The first-order valence-electron chi connectivity index (χ1n) is 3.87. The summed E-state index contributed by atoms with van der Waals surface area (Å²) in [5, 5.41) is 3.26. The summed E-state index contributed by atoms with van der Waals surface area (Å²) in [5.74, 6) is 0. The van der Waals surface area contributed by atoms with Crippen LogP contribution >= 0.6 is 0 Å². The van der Waals surface area contributed by atoms with E-state index >= 15 is 0 Å². The Balaban J connectivity index is 2.13. The van der Waals surface area contributed by atoms with Crippen LogP contribution in [-0.4, -0.2) is 31.8 Å². The van der Waals surface area contributed by atoms with Crippen molar-refractivity contribution in [2.75, 3.05) is 19.7 Å². The van der Waals surface area contributed by atoms with Crippen molar-refractivity contribution in [3.63, 3.8) is 0 Å². The van der Waals surface area contributed by atoms with Crippen molar-refractivity contribution in [3.05, 3.63) is 0 Å². The fourth-order valence-electron chi connectivity index (χ4n) is 1.19. The summed E-state index contributed by atoms with van der Waals surface area (Å²) >= 11 is 0. The molecule has 10 heavy (non-hydrogen) atoms. The summed E-state index contributed by atoms with van der Waals surface area (Å²) < 4.78 is 5.45. The zero-order valence-corrected chi connectivity index (χ0v) is 6.47. The van der Waals surface area contributed by atoms with E-state index in [0.717, 1.165) is 26.1 Å². The van der Waals surface area contributed by atoms with E-state index in [1.807, 2.05) is 6.92 Å². The largest absolute Gasteiger partial charge is 0.376 e. The number of nitrogens with two attached hydrogens (primary N) is 1.